The molecule has 0 aliphatic rings. The summed E-state index contributed by atoms with van der Waals surface area (Å²) in [7, 11) is 0. The van der Waals surface area contributed by atoms with Crippen molar-refractivity contribution in [1.29, 1.82) is 0 Å². The fourth-order valence-electron chi connectivity index (χ4n) is 2.46. The average Bonchev–Trinajstić information content (AvgIpc) is 2.67. The van der Waals surface area contributed by atoms with E-state index in [2.05, 4.69) is 15.4 Å². The minimum absolute atomic E-state index is 0.0122. The van der Waals surface area contributed by atoms with Gasteiger partial charge in [-0.25, -0.2) is 14.5 Å². The van der Waals surface area contributed by atoms with Crippen molar-refractivity contribution in [3.63, 3.8) is 0 Å². The lowest BCUT2D eigenvalue weighted by Crippen LogP contribution is -2.23. The summed E-state index contributed by atoms with van der Waals surface area (Å²) in [5, 5.41) is 17.3. The topological polar surface area (TPSA) is 106 Å². The minimum Gasteiger partial charge on any atom is -0.507 e. The van der Waals surface area contributed by atoms with E-state index in [1.165, 1.54) is 29.1 Å². The number of carbonyl (C=O) groups is 1. The van der Waals surface area contributed by atoms with Gasteiger partial charge < -0.3 is 9.84 Å². The van der Waals surface area contributed by atoms with Gasteiger partial charge in [0.25, 0.3) is 5.56 Å². The van der Waals surface area contributed by atoms with Gasteiger partial charge in [-0.3, -0.25) is 10.1 Å². The Morgan fingerprint density at radius 1 is 1.25 bits per heavy atom. The molecule has 1 aromatic carbocycles. The monoisotopic (exact) mass is 400 g/mol. The summed E-state index contributed by atoms with van der Waals surface area (Å²) in [5.41, 5.74) is 1.23. The van der Waals surface area contributed by atoms with Gasteiger partial charge in [0.1, 0.15) is 11.6 Å². The van der Waals surface area contributed by atoms with Gasteiger partial charge >= 0.3 is 6.09 Å². The number of hydrogen-bond donors (Lipinski definition) is 2. The number of nitrogens with zero attached hydrogens (tertiary/aromatic N) is 3. The number of rotatable bonds is 5. The van der Waals surface area contributed by atoms with Gasteiger partial charge in [0.15, 0.2) is 0 Å². The number of hydrogen-bond acceptors (Lipinski definition) is 6. The molecule has 0 saturated heterocycles. The Kier molecular flexibility index (Phi) is 5.90. The fraction of sp³-hybridized carbons (Fsp3) is 0.158. The van der Waals surface area contributed by atoms with Crippen LogP contribution in [0.15, 0.2) is 53.5 Å². The fourth-order valence-corrected chi connectivity index (χ4v) is 2.63. The number of ether oxygens (including phenoxy) is 1. The SMILES string of the molecule is CCOC(=O)Nc1ccc(Cn2nc(-c3cc(Cl)ccc3O)ccc2=O)cn1. The average molecular weight is 401 g/mol. The normalized spacial score (nSPS) is 10.5. The Bertz CT molecular complexity index is 1050. The number of nitrogens with one attached hydrogen (secondary N) is 1. The first-order chi connectivity index (χ1) is 13.5. The predicted octanol–water partition coefficient (Wildman–Crippen LogP) is 3.28. The van der Waals surface area contributed by atoms with Crippen LogP contribution in [-0.4, -0.2) is 32.6 Å². The summed E-state index contributed by atoms with van der Waals surface area (Å²) >= 11 is 5.98. The van der Waals surface area contributed by atoms with Gasteiger partial charge in [-0.1, -0.05) is 17.7 Å². The van der Waals surface area contributed by atoms with E-state index in [1.54, 1.807) is 31.2 Å². The molecule has 0 saturated carbocycles. The second kappa shape index (κ2) is 8.53. The zero-order chi connectivity index (χ0) is 20.1. The van der Waals surface area contributed by atoms with E-state index in [0.29, 0.717) is 27.7 Å². The van der Waals surface area contributed by atoms with Crippen LogP contribution in [0.1, 0.15) is 12.5 Å². The quantitative estimate of drug-likeness (QED) is 0.680. The first kappa shape index (κ1) is 19.4. The lowest BCUT2D eigenvalue weighted by atomic mass is 10.1. The van der Waals surface area contributed by atoms with Crippen molar-refractivity contribution < 1.29 is 14.6 Å². The molecule has 144 valence electrons. The number of halogens is 1. The van der Waals surface area contributed by atoms with Crippen LogP contribution in [0.25, 0.3) is 11.3 Å². The highest BCUT2D eigenvalue weighted by atomic mass is 35.5. The molecule has 28 heavy (non-hydrogen) atoms. The molecule has 3 rings (SSSR count). The van der Waals surface area contributed by atoms with Gasteiger partial charge in [0, 0.05) is 22.8 Å². The minimum atomic E-state index is -0.588. The van der Waals surface area contributed by atoms with Crippen LogP contribution in [0, 0.1) is 0 Å². The summed E-state index contributed by atoms with van der Waals surface area (Å²) in [6, 6.07) is 10.8. The number of pyridine rings is 1. The van der Waals surface area contributed by atoms with Crippen molar-refractivity contribution in [2.45, 2.75) is 13.5 Å². The number of phenols is 1. The van der Waals surface area contributed by atoms with Gasteiger partial charge in [0.2, 0.25) is 0 Å². The van der Waals surface area contributed by atoms with Crippen molar-refractivity contribution in [3.05, 3.63) is 69.6 Å². The number of aromatic hydroxyl groups is 1. The van der Waals surface area contributed by atoms with E-state index in [0.717, 1.165) is 0 Å². The third-order valence-corrected chi connectivity index (χ3v) is 4.00. The third kappa shape index (κ3) is 4.66. The van der Waals surface area contributed by atoms with Crippen molar-refractivity contribution in [2.75, 3.05) is 11.9 Å². The number of amides is 1. The molecule has 0 radical (unpaired) electrons. The predicted molar refractivity (Wildman–Crippen MR) is 105 cm³/mol. The molecule has 2 N–H and O–H groups in total. The molecule has 9 heteroatoms. The highest BCUT2D eigenvalue weighted by Gasteiger charge is 2.10. The number of phenolic OH excluding ortho intramolecular Hbond substituents is 1. The van der Waals surface area contributed by atoms with Crippen molar-refractivity contribution in [2.24, 2.45) is 0 Å². The zero-order valence-corrected chi connectivity index (χ0v) is 15.7. The molecule has 0 bridgehead atoms. The molecule has 0 unspecified atom stereocenters. The molecule has 0 atom stereocenters. The highest BCUT2D eigenvalue weighted by molar-refractivity contribution is 6.30. The standard InChI is InChI=1S/C19H17ClN4O4/c1-2-28-19(27)22-17-7-3-12(10-21-17)11-24-18(26)8-5-15(23-24)14-9-13(20)4-6-16(14)25/h3-10,25H,2,11H2,1H3,(H,21,22,27). The van der Waals surface area contributed by atoms with Crippen LogP contribution >= 0.6 is 11.6 Å². The van der Waals surface area contributed by atoms with Crippen molar-refractivity contribution in [1.82, 2.24) is 14.8 Å². The smallest absolute Gasteiger partial charge is 0.412 e. The van der Waals surface area contributed by atoms with Crippen molar-refractivity contribution in [3.8, 4) is 17.0 Å². The second-order valence-electron chi connectivity index (χ2n) is 5.77. The molecule has 0 spiro atoms. The lowest BCUT2D eigenvalue weighted by Gasteiger charge is -2.09. The summed E-state index contributed by atoms with van der Waals surface area (Å²) in [4.78, 5) is 27.7. The van der Waals surface area contributed by atoms with Crippen LogP contribution in [-0.2, 0) is 11.3 Å². The largest absolute Gasteiger partial charge is 0.507 e. The maximum absolute atomic E-state index is 12.2. The maximum atomic E-state index is 12.2. The maximum Gasteiger partial charge on any atom is 0.412 e. The highest BCUT2D eigenvalue weighted by Crippen LogP contribution is 2.29. The van der Waals surface area contributed by atoms with E-state index in [1.807, 2.05) is 0 Å². The molecule has 0 fully saturated rings. The van der Waals surface area contributed by atoms with E-state index >= 15 is 0 Å². The van der Waals surface area contributed by atoms with Gasteiger partial charge in [0.05, 0.1) is 18.8 Å². The zero-order valence-electron chi connectivity index (χ0n) is 14.9. The molecule has 0 aliphatic carbocycles. The lowest BCUT2D eigenvalue weighted by molar-refractivity contribution is 0.168. The Morgan fingerprint density at radius 3 is 2.79 bits per heavy atom. The molecule has 2 heterocycles. The molecular weight excluding hydrogens is 384 g/mol. The van der Waals surface area contributed by atoms with E-state index < -0.39 is 6.09 Å². The number of benzene rings is 1. The third-order valence-electron chi connectivity index (χ3n) is 3.76. The second-order valence-corrected chi connectivity index (χ2v) is 6.21. The summed E-state index contributed by atoms with van der Waals surface area (Å²) < 4.78 is 6.04. The molecule has 1 amide bonds. The van der Waals surface area contributed by atoms with E-state index in [-0.39, 0.29) is 24.5 Å². The van der Waals surface area contributed by atoms with Crippen molar-refractivity contribution >= 4 is 23.5 Å². The van der Waals surface area contributed by atoms with E-state index in [9.17, 15) is 14.7 Å². The van der Waals surface area contributed by atoms with Crippen LogP contribution in [0.2, 0.25) is 5.02 Å². The Balaban J connectivity index is 1.82. The number of carbonyl (C=O) groups excluding carboxylic acids is 1. The van der Waals surface area contributed by atoms with Crippen LogP contribution < -0.4 is 10.9 Å². The summed E-state index contributed by atoms with van der Waals surface area (Å²) in [6.45, 7) is 2.13. The summed E-state index contributed by atoms with van der Waals surface area (Å²) in [6.07, 6.45) is 0.939. The van der Waals surface area contributed by atoms with Crippen LogP contribution in [0.3, 0.4) is 0 Å². The first-order valence-corrected chi connectivity index (χ1v) is 8.80. The van der Waals surface area contributed by atoms with Crippen LogP contribution in [0.4, 0.5) is 10.6 Å². The van der Waals surface area contributed by atoms with Gasteiger partial charge in [-0.15, -0.1) is 0 Å². The Labute approximate surface area is 165 Å². The van der Waals surface area contributed by atoms with Crippen LogP contribution in [0.5, 0.6) is 5.75 Å². The Morgan fingerprint density at radius 2 is 2.07 bits per heavy atom. The number of aromatic nitrogens is 3. The Hall–Kier alpha value is -3.39. The number of anilines is 1. The molecule has 0 aliphatic heterocycles. The van der Waals surface area contributed by atoms with Gasteiger partial charge in [-0.2, -0.15) is 5.10 Å². The molecule has 8 nitrogen and oxygen atoms in total. The molecule has 2 aromatic heterocycles. The van der Waals surface area contributed by atoms with E-state index in [4.69, 9.17) is 16.3 Å². The first-order valence-electron chi connectivity index (χ1n) is 8.42. The molecular formula is C19H17ClN4O4. The summed E-state index contributed by atoms with van der Waals surface area (Å²) in [5.74, 6) is 0.346. The molecule has 3 aromatic rings. The van der Waals surface area contributed by atoms with Gasteiger partial charge in [-0.05, 0) is 42.8 Å².